The molecule has 1 fully saturated rings. The number of nitrogens with one attached hydrogen (secondary N) is 1. The van der Waals surface area contributed by atoms with E-state index >= 15 is 0 Å². The number of hydroxylamine groups is 2. The van der Waals surface area contributed by atoms with E-state index in [1.807, 2.05) is 12.1 Å². The molecule has 1 aromatic rings. The summed E-state index contributed by atoms with van der Waals surface area (Å²) in [6.07, 6.45) is 5.04. The molecule has 3 amide bonds. The zero-order valence-corrected chi connectivity index (χ0v) is 21.7. The van der Waals surface area contributed by atoms with Crippen LogP contribution < -0.4 is 8.90 Å². The molecule has 0 spiro atoms. The summed E-state index contributed by atoms with van der Waals surface area (Å²) in [6, 6.07) is 7.49. The molecule has 0 unspecified atom stereocenters. The summed E-state index contributed by atoms with van der Waals surface area (Å²) in [5.41, 5.74) is 0.346. The molecule has 7 nitrogen and oxygen atoms in total. The monoisotopic (exact) mass is 538 g/mol. The molecule has 0 radical (unpaired) electrons. The second kappa shape index (κ2) is 12.2. The summed E-state index contributed by atoms with van der Waals surface area (Å²) in [5.74, 6) is -1.61. The van der Waals surface area contributed by atoms with Gasteiger partial charge in [0.1, 0.15) is 0 Å². The van der Waals surface area contributed by atoms with E-state index in [1.54, 1.807) is 13.1 Å². The minimum atomic E-state index is -2.99. The van der Waals surface area contributed by atoms with Gasteiger partial charge in [-0.15, -0.1) is 0 Å². The Morgan fingerprint density at radius 1 is 1.03 bits per heavy atom. The van der Waals surface area contributed by atoms with Crippen LogP contribution in [0.4, 0.5) is 0 Å². The number of carbonyl (C=O) groups excluding carboxylic acids is 4. The van der Waals surface area contributed by atoms with Gasteiger partial charge in [-0.1, -0.05) is 0 Å². The summed E-state index contributed by atoms with van der Waals surface area (Å²) in [4.78, 5) is 53.5. The molecule has 8 heteroatoms. The van der Waals surface area contributed by atoms with Crippen LogP contribution >= 0.6 is 0 Å². The molecule has 1 aliphatic rings. The van der Waals surface area contributed by atoms with E-state index < -0.39 is 36.2 Å². The van der Waals surface area contributed by atoms with Crippen molar-refractivity contribution >= 4 is 45.6 Å². The van der Waals surface area contributed by atoms with Gasteiger partial charge in [-0.05, 0) is 0 Å². The van der Waals surface area contributed by atoms with E-state index in [2.05, 4.69) is 25.2 Å². The molecule has 1 N–H and O–H groups in total. The number of rotatable bonds is 12. The van der Waals surface area contributed by atoms with Gasteiger partial charge in [0.05, 0.1) is 0 Å². The van der Waals surface area contributed by atoms with E-state index in [0.717, 1.165) is 39.0 Å². The fourth-order valence-electron chi connectivity index (χ4n) is 4.09. The number of hydrogen-bond donors (Lipinski definition) is 1. The molecule has 0 aromatic heterocycles. The van der Waals surface area contributed by atoms with Crippen molar-refractivity contribution in [2.24, 2.45) is 0 Å². The van der Waals surface area contributed by atoms with Crippen LogP contribution in [0.25, 0.3) is 0 Å². The molecule has 0 atom stereocenters. The van der Waals surface area contributed by atoms with Crippen LogP contribution in [0.15, 0.2) is 24.3 Å². The molecule has 0 aliphatic carbocycles. The van der Waals surface area contributed by atoms with Crippen molar-refractivity contribution in [3.8, 4) is 0 Å². The van der Waals surface area contributed by atoms with E-state index in [4.69, 9.17) is 4.84 Å². The number of hydrogen-bond acceptors (Lipinski definition) is 5. The first-order valence-corrected chi connectivity index (χ1v) is 18.7. The van der Waals surface area contributed by atoms with Crippen LogP contribution in [-0.2, 0) is 19.2 Å². The number of benzene rings is 1. The van der Waals surface area contributed by atoms with Crippen LogP contribution in [0.3, 0.4) is 0 Å². The number of unbranched alkanes of at least 4 members (excludes halogenated alkanes) is 2. The zero-order chi connectivity index (χ0) is 22.9. The van der Waals surface area contributed by atoms with Gasteiger partial charge in [-0.3, -0.25) is 0 Å². The van der Waals surface area contributed by atoms with Gasteiger partial charge in [0, 0.05) is 0 Å². The van der Waals surface area contributed by atoms with Gasteiger partial charge in [0.2, 0.25) is 0 Å². The molecule has 1 saturated heterocycles. The van der Waals surface area contributed by atoms with Gasteiger partial charge in [0.15, 0.2) is 0 Å². The van der Waals surface area contributed by atoms with Crippen LogP contribution in [0.2, 0.25) is 13.3 Å². The average molecular weight is 537 g/mol. The molecule has 31 heavy (non-hydrogen) atoms. The molecule has 0 saturated carbocycles. The van der Waals surface area contributed by atoms with E-state index in [9.17, 15) is 19.2 Å². The summed E-state index contributed by atoms with van der Waals surface area (Å²) < 4.78 is 4.36. The van der Waals surface area contributed by atoms with E-state index in [0.29, 0.717) is 17.0 Å². The predicted molar refractivity (Wildman–Crippen MR) is 121 cm³/mol. The Bertz CT molecular complexity index is 787. The van der Waals surface area contributed by atoms with Crippen molar-refractivity contribution in [2.45, 2.75) is 72.1 Å². The van der Waals surface area contributed by atoms with Crippen LogP contribution in [0.1, 0.15) is 69.2 Å². The average Bonchev–Trinajstić information content (AvgIpc) is 3.10. The number of carbonyl (C=O) groups is 4. The van der Waals surface area contributed by atoms with Gasteiger partial charge in [0.25, 0.3) is 0 Å². The van der Waals surface area contributed by atoms with Crippen LogP contribution in [0.5, 0.6) is 0 Å². The Morgan fingerprint density at radius 3 is 2.19 bits per heavy atom. The van der Waals surface area contributed by atoms with Crippen LogP contribution in [-0.4, -0.2) is 54.2 Å². The third-order valence-corrected chi connectivity index (χ3v) is 21.3. The zero-order valence-electron chi connectivity index (χ0n) is 18.9. The van der Waals surface area contributed by atoms with E-state index in [1.165, 1.54) is 3.58 Å². The number of imide groups is 1. The van der Waals surface area contributed by atoms with Crippen molar-refractivity contribution in [2.75, 3.05) is 7.05 Å². The second-order valence-corrected chi connectivity index (χ2v) is 21.4. The Morgan fingerprint density at radius 2 is 1.65 bits per heavy atom. The number of nitrogens with zero attached hydrogens (tertiary/aromatic N) is 1. The fraction of sp³-hybridized carbons (Fsp3) is 0.565. The first-order chi connectivity index (χ1) is 14.9. The molecule has 1 aliphatic heterocycles. The third-order valence-electron chi connectivity index (χ3n) is 6.02. The first-order valence-electron chi connectivity index (χ1n) is 11.3. The first kappa shape index (κ1) is 25.4. The molecular formula is C23H34N2O5Sn. The van der Waals surface area contributed by atoms with Crippen molar-refractivity contribution in [1.29, 1.82) is 0 Å². The SMILES string of the molecule is CCC[CH2][Sn]([CH2]CCC)([CH2]CC(=O)NC)[c]1cccc(C(=O)ON2C(=O)CCC2=O)c1. The Kier molecular flexibility index (Phi) is 9.99. The minimum absolute atomic E-state index is 0.0516. The predicted octanol–water partition coefficient (Wildman–Crippen LogP) is 3.30. The quantitative estimate of drug-likeness (QED) is 0.327. The Balaban J connectivity index is 2.33. The summed E-state index contributed by atoms with van der Waals surface area (Å²) >= 11 is -2.99. The van der Waals surface area contributed by atoms with Crippen molar-refractivity contribution in [3.63, 3.8) is 0 Å². The van der Waals surface area contributed by atoms with Crippen molar-refractivity contribution in [3.05, 3.63) is 29.8 Å². The molecule has 0 bridgehead atoms. The fourth-order valence-corrected chi connectivity index (χ4v) is 19.2. The standard InChI is InChI=1S/C11H8NO4.C4H8NO.2C4H9.Sn/c13-9-6-7-10(14)12(9)16-11(15)8-4-2-1-3-5-8;1-3-4(6)5-2;2*1-3-4-2;/h1-2,4-5H,6-7H2;1,3H2,2H3,(H,5,6);2*1,3-4H2,2H3;. The summed E-state index contributed by atoms with van der Waals surface area (Å²) in [5, 5.41) is 3.32. The second-order valence-electron chi connectivity index (χ2n) is 8.20. The summed E-state index contributed by atoms with van der Waals surface area (Å²) in [7, 11) is 1.66. The molecule has 1 heterocycles. The topological polar surface area (TPSA) is 92.8 Å². The van der Waals surface area contributed by atoms with Gasteiger partial charge >= 0.3 is 189 Å². The molecular weight excluding hydrogens is 503 g/mol. The Hall–Kier alpha value is -1.90. The third kappa shape index (κ3) is 6.79. The maximum atomic E-state index is 12.7. The number of amides is 3. The summed E-state index contributed by atoms with van der Waals surface area (Å²) in [6.45, 7) is 4.35. The van der Waals surface area contributed by atoms with Gasteiger partial charge in [-0.25, -0.2) is 0 Å². The van der Waals surface area contributed by atoms with Gasteiger partial charge < -0.3 is 0 Å². The normalized spacial score (nSPS) is 14.1. The Labute approximate surface area is 188 Å². The van der Waals surface area contributed by atoms with Crippen molar-refractivity contribution < 1.29 is 24.0 Å². The van der Waals surface area contributed by atoms with Gasteiger partial charge in [-0.2, -0.15) is 0 Å². The molecule has 1 aromatic carbocycles. The molecule has 2 rings (SSSR count). The molecule has 170 valence electrons. The maximum absolute atomic E-state index is 12.7. The van der Waals surface area contributed by atoms with Crippen molar-refractivity contribution in [1.82, 2.24) is 10.4 Å². The van der Waals surface area contributed by atoms with Crippen LogP contribution in [0, 0.1) is 0 Å². The van der Waals surface area contributed by atoms with E-state index in [-0.39, 0.29) is 18.7 Å².